The maximum atomic E-state index is 9.64. The van der Waals surface area contributed by atoms with Crippen molar-refractivity contribution in [3.05, 3.63) is 30.3 Å². The molecule has 14 heavy (non-hydrogen) atoms. The third-order valence-electron chi connectivity index (χ3n) is 2.03. The van der Waals surface area contributed by atoms with Crippen LogP contribution in [0.15, 0.2) is 24.8 Å². The molecule has 0 fully saturated rings. The van der Waals surface area contributed by atoms with Crippen LogP contribution in [0.3, 0.4) is 0 Å². The minimum Gasteiger partial charge on any atom is -0.507 e. The Kier molecular flexibility index (Phi) is 3.54. The molecule has 3 N–H and O–H groups in total. The smallest absolute Gasteiger partial charge is 0.126 e. The predicted molar refractivity (Wildman–Crippen MR) is 57.4 cm³/mol. The number of ether oxygens (including phenoxy) is 1. The number of phenols is 1. The van der Waals surface area contributed by atoms with Crippen LogP contribution in [0.5, 0.6) is 11.5 Å². The Labute approximate surface area is 83.8 Å². The molecule has 0 saturated heterocycles. The van der Waals surface area contributed by atoms with Gasteiger partial charge in [-0.05, 0) is 30.7 Å². The number of phenolic OH excluding ortho intramolecular Hbond substituents is 1. The summed E-state index contributed by atoms with van der Waals surface area (Å²) in [6, 6.07) is 5.14. The number of hydrogen-bond donors (Lipinski definition) is 2. The quantitative estimate of drug-likeness (QED) is 0.766. The highest BCUT2D eigenvalue weighted by Crippen LogP contribution is 2.29. The molecular weight excluding hydrogens is 178 g/mol. The van der Waals surface area contributed by atoms with Crippen molar-refractivity contribution in [1.82, 2.24) is 0 Å². The zero-order chi connectivity index (χ0) is 10.6. The van der Waals surface area contributed by atoms with E-state index in [1.165, 1.54) is 0 Å². The van der Waals surface area contributed by atoms with E-state index in [4.69, 9.17) is 10.5 Å². The van der Waals surface area contributed by atoms with Crippen molar-refractivity contribution in [3.8, 4) is 11.5 Å². The van der Waals surface area contributed by atoms with Crippen LogP contribution < -0.4 is 10.5 Å². The zero-order valence-electron chi connectivity index (χ0n) is 8.29. The number of aromatic hydroxyl groups is 1. The van der Waals surface area contributed by atoms with Crippen LogP contribution in [0.1, 0.15) is 12.0 Å². The summed E-state index contributed by atoms with van der Waals surface area (Å²) < 4.78 is 4.98. The van der Waals surface area contributed by atoms with Gasteiger partial charge in [-0.25, -0.2) is 0 Å². The molecule has 3 nitrogen and oxygen atoms in total. The Morgan fingerprint density at radius 1 is 1.57 bits per heavy atom. The van der Waals surface area contributed by atoms with Gasteiger partial charge in [-0.1, -0.05) is 6.58 Å². The minimum absolute atomic E-state index is 0.183. The van der Waals surface area contributed by atoms with Gasteiger partial charge in [0.1, 0.15) is 11.5 Å². The molecule has 0 bridgehead atoms. The van der Waals surface area contributed by atoms with Gasteiger partial charge in [0.2, 0.25) is 0 Å². The van der Waals surface area contributed by atoms with Gasteiger partial charge in [-0.2, -0.15) is 0 Å². The fourth-order valence-electron chi connectivity index (χ4n) is 1.25. The summed E-state index contributed by atoms with van der Waals surface area (Å²) in [6.07, 6.45) is 0.680. The highest BCUT2D eigenvalue weighted by atomic mass is 16.5. The molecule has 1 aromatic carbocycles. The molecule has 0 saturated carbocycles. The van der Waals surface area contributed by atoms with E-state index in [0.717, 1.165) is 11.1 Å². The molecule has 0 unspecified atom stereocenters. The molecule has 0 radical (unpaired) electrons. The second kappa shape index (κ2) is 4.67. The van der Waals surface area contributed by atoms with E-state index in [2.05, 4.69) is 6.58 Å². The van der Waals surface area contributed by atoms with Gasteiger partial charge in [0.15, 0.2) is 0 Å². The standard InChI is InChI=1S/C11H15NO2/c1-8(5-6-12)10-4-3-9(14-2)7-11(10)13/h3-4,7,13H,1,5-6,12H2,2H3. The lowest BCUT2D eigenvalue weighted by Crippen LogP contribution is -1.99. The monoisotopic (exact) mass is 193 g/mol. The van der Waals surface area contributed by atoms with Gasteiger partial charge in [0.25, 0.3) is 0 Å². The third-order valence-corrected chi connectivity index (χ3v) is 2.03. The summed E-state index contributed by atoms with van der Waals surface area (Å²) in [6.45, 7) is 4.38. The number of benzene rings is 1. The molecule has 0 spiro atoms. The second-order valence-electron chi connectivity index (χ2n) is 3.03. The lowest BCUT2D eigenvalue weighted by Gasteiger charge is -2.08. The fraction of sp³-hybridized carbons (Fsp3) is 0.273. The SMILES string of the molecule is C=C(CCN)c1ccc(OC)cc1O. The summed E-state index contributed by atoms with van der Waals surface area (Å²) >= 11 is 0. The van der Waals surface area contributed by atoms with E-state index in [9.17, 15) is 5.11 Å². The van der Waals surface area contributed by atoms with Crippen molar-refractivity contribution in [1.29, 1.82) is 0 Å². The van der Waals surface area contributed by atoms with Crippen molar-refractivity contribution >= 4 is 5.57 Å². The van der Waals surface area contributed by atoms with Crippen molar-refractivity contribution in [3.63, 3.8) is 0 Å². The highest BCUT2D eigenvalue weighted by Gasteiger charge is 2.05. The zero-order valence-corrected chi connectivity index (χ0v) is 8.29. The molecule has 0 amide bonds. The van der Waals surface area contributed by atoms with Gasteiger partial charge in [-0.15, -0.1) is 0 Å². The molecule has 1 rings (SSSR count). The first kappa shape index (κ1) is 10.6. The molecule has 76 valence electrons. The van der Waals surface area contributed by atoms with Crippen LogP contribution in [0.2, 0.25) is 0 Å². The molecule has 0 heterocycles. The maximum absolute atomic E-state index is 9.64. The summed E-state index contributed by atoms with van der Waals surface area (Å²) in [4.78, 5) is 0. The minimum atomic E-state index is 0.183. The summed E-state index contributed by atoms with van der Waals surface area (Å²) in [5.41, 5.74) is 6.98. The van der Waals surface area contributed by atoms with Gasteiger partial charge >= 0.3 is 0 Å². The Morgan fingerprint density at radius 2 is 2.29 bits per heavy atom. The molecule has 0 aliphatic rings. The van der Waals surface area contributed by atoms with E-state index in [1.54, 1.807) is 25.3 Å². The Bertz CT molecular complexity index is 334. The van der Waals surface area contributed by atoms with Crippen LogP contribution in [0.4, 0.5) is 0 Å². The average molecular weight is 193 g/mol. The fourth-order valence-corrected chi connectivity index (χ4v) is 1.25. The lowest BCUT2D eigenvalue weighted by atomic mass is 10.0. The molecule has 0 atom stereocenters. The van der Waals surface area contributed by atoms with Gasteiger partial charge in [0.05, 0.1) is 7.11 Å². The molecule has 3 heteroatoms. The average Bonchev–Trinajstić information content (AvgIpc) is 2.17. The van der Waals surface area contributed by atoms with Crippen molar-refractivity contribution in [2.45, 2.75) is 6.42 Å². The van der Waals surface area contributed by atoms with Crippen LogP contribution in [-0.2, 0) is 0 Å². The van der Waals surface area contributed by atoms with E-state index < -0.39 is 0 Å². The van der Waals surface area contributed by atoms with Crippen LogP contribution >= 0.6 is 0 Å². The first-order valence-corrected chi connectivity index (χ1v) is 4.44. The first-order chi connectivity index (χ1) is 6.69. The normalized spacial score (nSPS) is 9.86. The molecular formula is C11H15NO2. The second-order valence-corrected chi connectivity index (χ2v) is 3.03. The summed E-state index contributed by atoms with van der Waals surface area (Å²) in [5.74, 6) is 0.814. The number of nitrogens with two attached hydrogens (primary N) is 1. The summed E-state index contributed by atoms with van der Waals surface area (Å²) in [5, 5.41) is 9.64. The predicted octanol–water partition coefficient (Wildman–Crippen LogP) is 1.76. The molecule has 0 aliphatic heterocycles. The topological polar surface area (TPSA) is 55.5 Å². The van der Waals surface area contributed by atoms with Crippen LogP contribution in [-0.4, -0.2) is 18.8 Å². The van der Waals surface area contributed by atoms with Gasteiger partial charge in [0, 0.05) is 11.6 Å². The number of rotatable bonds is 4. The van der Waals surface area contributed by atoms with E-state index in [-0.39, 0.29) is 5.75 Å². The largest absolute Gasteiger partial charge is 0.507 e. The van der Waals surface area contributed by atoms with Gasteiger partial charge in [-0.3, -0.25) is 0 Å². The molecule has 1 aromatic rings. The van der Waals surface area contributed by atoms with Crippen LogP contribution in [0.25, 0.3) is 5.57 Å². The van der Waals surface area contributed by atoms with Crippen LogP contribution in [0, 0.1) is 0 Å². The summed E-state index contributed by atoms with van der Waals surface area (Å²) in [7, 11) is 1.56. The van der Waals surface area contributed by atoms with E-state index in [1.807, 2.05) is 0 Å². The highest BCUT2D eigenvalue weighted by molar-refractivity contribution is 5.69. The van der Waals surface area contributed by atoms with Crippen molar-refractivity contribution in [2.75, 3.05) is 13.7 Å². The Morgan fingerprint density at radius 3 is 2.79 bits per heavy atom. The maximum Gasteiger partial charge on any atom is 0.126 e. The Balaban J connectivity index is 2.94. The molecule has 0 aromatic heterocycles. The first-order valence-electron chi connectivity index (χ1n) is 4.44. The van der Waals surface area contributed by atoms with Gasteiger partial charge < -0.3 is 15.6 Å². The van der Waals surface area contributed by atoms with E-state index in [0.29, 0.717) is 18.7 Å². The van der Waals surface area contributed by atoms with Crippen molar-refractivity contribution < 1.29 is 9.84 Å². The van der Waals surface area contributed by atoms with E-state index >= 15 is 0 Å². The Hall–Kier alpha value is -1.48. The molecule has 0 aliphatic carbocycles. The van der Waals surface area contributed by atoms with Crippen molar-refractivity contribution in [2.24, 2.45) is 5.73 Å². The number of methoxy groups -OCH3 is 1. The third kappa shape index (κ3) is 2.26. The number of hydrogen-bond acceptors (Lipinski definition) is 3. The lowest BCUT2D eigenvalue weighted by molar-refractivity contribution is 0.407.